The highest BCUT2D eigenvalue weighted by Crippen LogP contribution is 2.39. The van der Waals surface area contributed by atoms with Crippen LogP contribution in [0.15, 0.2) is 23.2 Å². The van der Waals surface area contributed by atoms with Crippen LogP contribution in [0.3, 0.4) is 0 Å². The molecule has 0 aliphatic heterocycles. The number of aromatic hydroxyl groups is 1. The van der Waals surface area contributed by atoms with Gasteiger partial charge >= 0.3 is 0 Å². The zero-order chi connectivity index (χ0) is 14.8. The Bertz CT molecular complexity index is 753. The Morgan fingerprint density at radius 3 is 2.95 bits per heavy atom. The molecule has 0 atom stereocenters. The quantitative estimate of drug-likeness (QED) is 0.842. The van der Waals surface area contributed by atoms with Crippen LogP contribution in [0.2, 0.25) is 0 Å². The lowest BCUT2D eigenvalue weighted by atomic mass is 9.96. The highest BCUT2D eigenvalue weighted by molar-refractivity contribution is 7.16. The summed E-state index contributed by atoms with van der Waals surface area (Å²) in [5.74, 6) is 0.251. The van der Waals surface area contributed by atoms with Crippen molar-refractivity contribution in [2.24, 2.45) is 4.99 Å². The minimum atomic E-state index is 0.251. The summed E-state index contributed by atoms with van der Waals surface area (Å²) in [5, 5.41) is 20.2. The summed E-state index contributed by atoms with van der Waals surface area (Å²) in [4.78, 5) is 5.77. The lowest BCUT2D eigenvalue weighted by Gasteiger charge is -2.09. The molecule has 0 unspecified atom stereocenters. The third-order valence-electron chi connectivity index (χ3n) is 3.85. The predicted molar refractivity (Wildman–Crippen MR) is 85.8 cm³/mol. The fourth-order valence-electron chi connectivity index (χ4n) is 2.67. The van der Waals surface area contributed by atoms with Gasteiger partial charge in [0.25, 0.3) is 0 Å². The van der Waals surface area contributed by atoms with Gasteiger partial charge in [-0.15, -0.1) is 11.3 Å². The van der Waals surface area contributed by atoms with Crippen LogP contribution in [0.1, 0.15) is 40.0 Å². The topological polar surface area (TPSA) is 56.4 Å². The number of aliphatic imine (C=N–C) groups is 1. The number of thiophene rings is 1. The molecule has 3 nitrogen and oxygen atoms in total. The number of hydrogen-bond acceptors (Lipinski definition) is 4. The molecule has 1 N–H and O–H groups in total. The van der Waals surface area contributed by atoms with Gasteiger partial charge in [-0.25, -0.2) is 4.99 Å². The van der Waals surface area contributed by atoms with Crippen LogP contribution in [0.5, 0.6) is 5.75 Å². The van der Waals surface area contributed by atoms with E-state index in [4.69, 9.17) is 0 Å². The van der Waals surface area contributed by atoms with Crippen molar-refractivity contribution in [3.8, 4) is 11.8 Å². The zero-order valence-electron chi connectivity index (χ0n) is 11.9. The summed E-state index contributed by atoms with van der Waals surface area (Å²) in [5.41, 5.74) is 3.42. The first-order valence-corrected chi connectivity index (χ1v) is 7.89. The molecule has 0 radical (unpaired) electrons. The molecule has 0 fully saturated rings. The molecule has 1 heterocycles. The molecule has 0 saturated carbocycles. The van der Waals surface area contributed by atoms with Crippen LogP contribution in [0.4, 0.5) is 5.00 Å². The van der Waals surface area contributed by atoms with Crippen molar-refractivity contribution in [3.63, 3.8) is 0 Å². The lowest BCUT2D eigenvalue weighted by Crippen LogP contribution is -1.99. The first-order chi connectivity index (χ1) is 10.2. The van der Waals surface area contributed by atoms with Gasteiger partial charge in [-0.1, -0.05) is 12.1 Å². The van der Waals surface area contributed by atoms with E-state index in [1.807, 2.05) is 25.1 Å². The summed E-state index contributed by atoms with van der Waals surface area (Å²) >= 11 is 1.61. The van der Waals surface area contributed by atoms with Crippen molar-refractivity contribution in [2.75, 3.05) is 0 Å². The highest BCUT2D eigenvalue weighted by atomic mass is 32.1. The molecule has 2 aromatic rings. The van der Waals surface area contributed by atoms with Crippen LogP contribution in [-0.4, -0.2) is 11.3 Å². The maximum Gasteiger partial charge on any atom is 0.134 e. The summed E-state index contributed by atoms with van der Waals surface area (Å²) in [6.07, 6.45) is 6.04. The fourth-order valence-corrected chi connectivity index (χ4v) is 3.86. The number of nitrogens with zero attached hydrogens (tertiary/aromatic N) is 2. The average Bonchev–Trinajstić information content (AvgIpc) is 2.86. The van der Waals surface area contributed by atoms with Gasteiger partial charge < -0.3 is 5.11 Å². The molecule has 1 aliphatic carbocycles. The average molecular weight is 296 g/mol. The van der Waals surface area contributed by atoms with E-state index in [9.17, 15) is 10.4 Å². The molecule has 1 aromatic heterocycles. The third-order valence-corrected chi connectivity index (χ3v) is 5.05. The summed E-state index contributed by atoms with van der Waals surface area (Å²) in [6.45, 7) is 1.86. The van der Waals surface area contributed by atoms with Crippen LogP contribution >= 0.6 is 11.3 Å². The second-order valence-electron chi connectivity index (χ2n) is 5.27. The largest absolute Gasteiger partial charge is 0.507 e. The maximum atomic E-state index is 10.0. The Labute approximate surface area is 128 Å². The van der Waals surface area contributed by atoms with Crippen molar-refractivity contribution in [1.82, 2.24) is 0 Å². The molecule has 106 valence electrons. The van der Waals surface area contributed by atoms with Crippen LogP contribution in [0.25, 0.3) is 0 Å². The first kappa shape index (κ1) is 13.8. The minimum Gasteiger partial charge on any atom is -0.507 e. The number of nitriles is 1. The number of phenolic OH excluding ortho intramolecular Hbond substituents is 1. The van der Waals surface area contributed by atoms with E-state index in [1.54, 1.807) is 17.6 Å². The smallest absolute Gasteiger partial charge is 0.134 e. The SMILES string of the molecule is Cc1cccc(/C=N/c2sc3c(c2C#N)CCCC3)c1O. The van der Waals surface area contributed by atoms with Crippen LogP contribution in [-0.2, 0) is 12.8 Å². The summed E-state index contributed by atoms with van der Waals surface area (Å²) < 4.78 is 0. The van der Waals surface area contributed by atoms with Gasteiger partial charge in [0.1, 0.15) is 16.8 Å². The fraction of sp³-hybridized carbons (Fsp3) is 0.294. The molecule has 0 bridgehead atoms. The molecule has 21 heavy (non-hydrogen) atoms. The Morgan fingerprint density at radius 2 is 2.14 bits per heavy atom. The number of rotatable bonds is 2. The van der Waals surface area contributed by atoms with Gasteiger partial charge in [-0.05, 0) is 49.8 Å². The normalized spacial score (nSPS) is 14.1. The van der Waals surface area contributed by atoms with Gasteiger partial charge in [-0.2, -0.15) is 5.26 Å². The molecule has 1 aliphatic rings. The molecular weight excluding hydrogens is 280 g/mol. The second-order valence-corrected chi connectivity index (χ2v) is 6.36. The monoisotopic (exact) mass is 296 g/mol. The van der Waals surface area contributed by atoms with Crippen molar-refractivity contribution >= 4 is 22.6 Å². The Hall–Kier alpha value is -2.12. The van der Waals surface area contributed by atoms with E-state index in [0.717, 1.165) is 35.4 Å². The van der Waals surface area contributed by atoms with Gasteiger partial charge in [0, 0.05) is 16.7 Å². The number of phenols is 1. The van der Waals surface area contributed by atoms with Crippen molar-refractivity contribution in [1.29, 1.82) is 5.26 Å². The van der Waals surface area contributed by atoms with Crippen molar-refractivity contribution < 1.29 is 5.11 Å². The number of fused-ring (bicyclic) bond motifs is 1. The minimum absolute atomic E-state index is 0.251. The molecule has 0 saturated heterocycles. The standard InChI is InChI=1S/C17H16N2OS/c1-11-5-4-6-12(16(11)20)10-19-17-14(9-18)13-7-2-3-8-15(13)21-17/h4-6,10,20H,2-3,7-8H2,1H3/b19-10+. The summed E-state index contributed by atoms with van der Waals surface area (Å²) in [6, 6.07) is 7.87. The molecule has 0 amide bonds. The van der Waals surface area contributed by atoms with E-state index in [1.165, 1.54) is 16.9 Å². The van der Waals surface area contributed by atoms with Crippen LogP contribution in [0, 0.1) is 18.3 Å². The van der Waals surface area contributed by atoms with E-state index in [-0.39, 0.29) is 5.75 Å². The zero-order valence-corrected chi connectivity index (χ0v) is 12.7. The Kier molecular flexibility index (Phi) is 3.76. The van der Waals surface area contributed by atoms with E-state index in [2.05, 4.69) is 11.1 Å². The summed E-state index contributed by atoms with van der Waals surface area (Å²) in [7, 11) is 0. The van der Waals surface area contributed by atoms with Gasteiger partial charge in [0.2, 0.25) is 0 Å². The molecule has 0 spiro atoms. The van der Waals surface area contributed by atoms with Crippen molar-refractivity contribution in [2.45, 2.75) is 32.6 Å². The van der Waals surface area contributed by atoms with Gasteiger partial charge in [0.15, 0.2) is 0 Å². The van der Waals surface area contributed by atoms with Gasteiger partial charge in [0.05, 0.1) is 5.56 Å². The Morgan fingerprint density at radius 1 is 1.33 bits per heavy atom. The van der Waals surface area contributed by atoms with E-state index < -0.39 is 0 Å². The number of para-hydroxylation sites is 1. The molecule has 1 aromatic carbocycles. The maximum absolute atomic E-state index is 10.0. The molecule has 3 rings (SSSR count). The first-order valence-electron chi connectivity index (χ1n) is 7.08. The highest BCUT2D eigenvalue weighted by Gasteiger charge is 2.20. The number of hydrogen-bond donors (Lipinski definition) is 1. The second kappa shape index (κ2) is 5.71. The van der Waals surface area contributed by atoms with Gasteiger partial charge in [-0.3, -0.25) is 0 Å². The van der Waals surface area contributed by atoms with E-state index in [0.29, 0.717) is 5.56 Å². The van der Waals surface area contributed by atoms with E-state index >= 15 is 0 Å². The molecule has 4 heteroatoms. The Balaban J connectivity index is 1.98. The van der Waals surface area contributed by atoms with Crippen LogP contribution < -0.4 is 0 Å². The predicted octanol–water partition coefficient (Wildman–Crippen LogP) is 4.26. The number of aryl methyl sites for hydroxylation is 2. The van der Waals surface area contributed by atoms with Crippen molar-refractivity contribution in [3.05, 3.63) is 45.3 Å². The lowest BCUT2D eigenvalue weighted by molar-refractivity contribution is 0.470. The third kappa shape index (κ3) is 2.57. The molecular formula is C17H16N2OS. The number of benzene rings is 1.